The maximum atomic E-state index is 6.07. The summed E-state index contributed by atoms with van der Waals surface area (Å²) in [5.41, 5.74) is 5.41. The zero-order valence-corrected chi connectivity index (χ0v) is 16.0. The highest BCUT2D eigenvalue weighted by molar-refractivity contribution is 5.81. The first-order valence-corrected chi connectivity index (χ1v) is 9.07. The van der Waals surface area contributed by atoms with E-state index >= 15 is 0 Å². The third-order valence-electron chi connectivity index (χ3n) is 4.69. The van der Waals surface area contributed by atoms with Crippen molar-refractivity contribution < 1.29 is 4.74 Å². The summed E-state index contributed by atoms with van der Waals surface area (Å²) in [6, 6.07) is 14.3. The molecule has 0 fully saturated rings. The van der Waals surface area contributed by atoms with E-state index in [1.54, 1.807) is 10.9 Å². The molecule has 0 N–H and O–H groups in total. The topological polar surface area (TPSA) is 52.8 Å². The van der Waals surface area contributed by atoms with E-state index in [4.69, 9.17) is 4.74 Å². The van der Waals surface area contributed by atoms with Gasteiger partial charge in [-0.05, 0) is 55.2 Å². The van der Waals surface area contributed by atoms with Crippen molar-refractivity contribution in [2.24, 2.45) is 0 Å². The molecule has 0 unspecified atom stereocenters. The summed E-state index contributed by atoms with van der Waals surface area (Å²) in [6.07, 6.45) is 3.26. The van der Waals surface area contributed by atoms with E-state index in [0.29, 0.717) is 11.8 Å². The summed E-state index contributed by atoms with van der Waals surface area (Å²) in [4.78, 5) is 8.73. The molecule has 2 aromatic carbocycles. The van der Waals surface area contributed by atoms with E-state index in [1.807, 2.05) is 24.3 Å². The van der Waals surface area contributed by atoms with E-state index in [2.05, 4.69) is 61.0 Å². The molecular formula is C22H22N4O. The molecule has 136 valence electrons. The maximum Gasteiger partial charge on any atom is 0.233 e. The van der Waals surface area contributed by atoms with Gasteiger partial charge in [0.05, 0.1) is 11.9 Å². The second-order valence-electron chi connectivity index (χ2n) is 7.08. The van der Waals surface area contributed by atoms with Gasteiger partial charge in [0.2, 0.25) is 5.88 Å². The molecule has 4 aromatic rings. The van der Waals surface area contributed by atoms with Crippen LogP contribution in [0.15, 0.2) is 55.0 Å². The number of fused-ring (bicyclic) bond motifs is 1. The minimum atomic E-state index is 0.484. The number of aryl methyl sites for hydroxylation is 2. The number of rotatable bonds is 4. The van der Waals surface area contributed by atoms with Gasteiger partial charge in [-0.1, -0.05) is 37.6 Å². The quantitative estimate of drug-likeness (QED) is 0.493. The summed E-state index contributed by atoms with van der Waals surface area (Å²) in [6.45, 7) is 8.55. The highest BCUT2D eigenvalue weighted by atomic mass is 16.5. The largest absolute Gasteiger partial charge is 0.438 e. The number of hydrogen-bond acceptors (Lipinski definition) is 4. The molecular weight excluding hydrogens is 336 g/mol. The Labute approximate surface area is 158 Å². The number of hydrogen-bond donors (Lipinski definition) is 0. The van der Waals surface area contributed by atoms with Crippen LogP contribution < -0.4 is 4.74 Å². The Morgan fingerprint density at radius 2 is 1.74 bits per heavy atom. The summed E-state index contributed by atoms with van der Waals surface area (Å²) < 4.78 is 7.87. The molecule has 0 saturated carbocycles. The van der Waals surface area contributed by atoms with Crippen LogP contribution in [0.25, 0.3) is 16.7 Å². The lowest BCUT2D eigenvalue weighted by atomic mass is 9.98. The van der Waals surface area contributed by atoms with Crippen molar-refractivity contribution in [2.45, 2.75) is 33.6 Å². The van der Waals surface area contributed by atoms with Crippen molar-refractivity contribution in [3.63, 3.8) is 0 Å². The zero-order valence-electron chi connectivity index (χ0n) is 16.0. The molecule has 27 heavy (non-hydrogen) atoms. The van der Waals surface area contributed by atoms with Crippen LogP contribution in [0.4, 0.5) is 0 Å². The third kappa shape index (κ3) is 3.28. The van der Waals surface area contributed by atoms with Crippen LogP contribution in [0, 0.1) is 13.8 Å². The van der Waals surface area contributed by atoms with Crippen LogP contribution in [0.3, 0.4) is 0 Å². The summed E-state index contributed by atoms with van der Waals surface area (Å²) in [5, 5.41) is 5.27. The van der Waals surface area contributed by atoms with Crippen molar-refractivity contribution in [3.8, 4) is 17.3 Å². The first-order valence-electron chi connectivity index (χ1n) is 9.07. The van der Waals surface area contributed by atoms with Crippen LogP contribution in [-0.4, -0.2) is 19.7 Å². The van der Waals surface area contributed by atoms with Gasteiger partial charge in [0, 0.05) is 0 Å². The van der Waals surface area contributed by atoms with Gasteiger partial charge in [0.15, 0.2) is 5.65 Å². The highest BCUT2D eigenvalue weighted by Crippen LogP contribution is 2.30. The first-order chi connectivity index (χ1) is 13.0. The molecule has 2 aromatic heterocycles. The van der Waals surface area contributed by atoms with Crippen LogP contribution in [-0.2, 0) is 0 Å². The van der Waals surface area contributed by atoms with Gasteiger partial charge in [0.1, 0.15) is 17.5 Å². The van der Waals surface area contributed by atoms with Gasteiger partial charge in [-0.15, -0.1) is 0 Å². The average Bonchev–Trinajstić information content (AvgIpc) is 3.07. The normalized spacial score (nSPS) is 11.3. The predicted octanol–water partition coefficient (Wildman–Crippen LogP) is 5.35. The Kier molecular flexibility index (Phi) is 4.36. The van der Waals surface area contributed by atoms with Crippen LogP contribution in [0.1, 0.15) is 36.5 Å². The Hall–Kier alpha value is -3.21. The fourth-order valence-electron chi connectivity index (χ4n) is 3.25. The molecule has 5 heteroatoms. The molecule has 0 amide bonds. The lowest BCUT2D eigenvalue weighted by Crippen LogP contribution is -1.98. The van der Waals surface area contributed by atoms with Gasteiger partial charge in [-0.3, -0.25) is 0 Å². The molecule has 0 saturated heterocycles. The first kappa shape index (κ1) is 17.2. The van der Waals surface area contributed by atoms with E-state index < -0.39 is 0 Å². The van der Waals surface area contributed by atoms with Crippen molar-refractivity contribution >= 4 is 11.0 Å². The molecule has 0 bridgehead atoms. The maximum absolute atomic E-state index is 6.07. The average molecular weight is 358 g/mol. The van der Waals surface area contributed by atoms with Crippen molar-refractivity contribution in [3.05, 3.63) is 71.7 Å². The monoisotopic (exact) mass is 358 g/mol. The third-order valence-corrected chi connectivity index (χ3v) is 4.69. The van der Waals surface area contributed by atoms with Crippen LogP contribution in [0.5, 0.6) is 11.6 Å². The van der Waals surface area contributed by atoms with Gasteiger partial charge in [-0.25, -0.2) is 14.6 Å². The standard InChI is InChI=1S/C22H22N4O/c1-14(2)19-10-9-18(11-16(19)4)27-22-20-12-25-26(21(20)23-13-24-22)17-7-5-15(3)6-8-17/h5-14H,1-4H3. The smallest absolute Gasteiger partial charge is 0.233 e. The zero-order chi connectivity index (χ0) is 19.0. The predicted molar refractivity (Wildman–Crippen MR) is 107 cm³/mol. The lowest BCUT2D eigenvalue weighted by Gasteiger charge is -2.12. The SMILES string of the molecule is Cc1ccc(-n2ncc3c(Oc4ccc(C(C)C)c(C)c4)ncnc32)cc1. The summed E-state index contributed by atoms with van der Waals surface area (Å²) in [7, 11) is 0. The second-order valence-corrected chi connectivity index (χ2v) is 7.08. The number of nitrogens with zero attached hydrogens (tertiary/aromatic N) is 4. The molecule has 2 heterocycles. The summed E-state index contributed by atoms with van der Waals surface area (Å²) in [5.74, 6) is 1.76. The van der Waals surface area contributed by atoms with Gasteiger partial charge in [-0.2, -0.15) is 5.10 Å². The fraction of sp³-hybridized carbons (Fsp3) is 0.227. The fourth-order valence-corrected chi connectivity index (χ4v) is 3.25. The molecule has 0 aliphatic heterocycles. The van der Waals surface area contributed by atoms with Gasteiger partial charge < -0.3 is 4.74 Å². The van der Waals surface area contributed by atoms with Crippen molar-refractivity contribution in [1.82, 2.24) is 19.7 Å². The van der Waals surface area contributed by atoms with E-state index in [0.717, 1.165) is 22.5 Å². The van der Waals surface area contributed by atoms with Crippen molar-refractivity contribution in [2.75, 3.05) is 0 Å². The number of aromatic nitrogens is 4. The van der Waals surface area contributed by atoms with Gasteiger partial charge in [0.25, 0.3) is 0 Å². The molecule has 0 spiro atoms. The van der Waals surface area contributed by atoms with Crippen LogP contribution in [0.2, 0.25) is 0 Å². The minimum Gasteiger partial charge on any atom is -0.438 e. The molecule has 4 rings (SSSR count). The number of benzene rings is 2. The second kappa shape index (κ2) is 6.83. The molecule has 5 nitrogen and oxygen atoms in total. The van der Waals surface area contributed by atoms with Gasteiger partial charge >= 0.3 is 0 Å². The van der Waals surface area contributed by atoms with Crippen LogP contribution >= 0.6 is 0 Å². The molecule has 0 aliphatic rings. The van der Waals surface area contributed by atoms with Crippen molar-refractivity contribution in [1.29, 1.82) is 0 Å². The molecule has 0 radical (unpaired) electrons. The molecule has 0 aliphatic carbocycles. The Bertz CT molecular complexity index is 1100. The Morgan fingerprint density at radius 1 is 0.963 bits per heavy atom. The van der Waals surface area contributed by atoms with E-state index in [9.17, 15) is 0 Å². The lowest BCUT2D eigenvalue weighted by molar-refractivity contribution is 0.467. The van der Waals surface area contributed by atoms with E-state index in [1.165, 1.54) is 23.0 Å². The van der Waals surface area contributed by atoms with E-state index in [-0.39, 0.29) is 0 Å². The number of ether oxygens (including phenoxy) is 1. The highest BCUT2D eigenvalue weighted by Gasteiger charge is 2.13. The molecule has 0 atom stereocenters. The minimum absolute atomic E-state index is 0.484. The summed E-state index contributed by atoms with van der Waals surface area (Å²) >= 11 is 0. The Morgan fingerprint density at radius 3 is 2.44 bits per heavy atom. The Balaban J connectivity index is 1.71.